The number of benzene rings is 1. The maximum atomic E-state index is 12.9. The van der Waals surface area contributed by atoms with Crippen molar-refractivity contribution in [1.82, 2.24) is 25.0 Å². The first-order valence-corrected chi connectivity index (χ1v) is 11.2. The smallest absolute Gasteiger partial charge is 0.293 e. The summed E-state index contributed by atoms with van der Waals surface area (Å²) in [5.41, 5.74) is 0.701. The van der Waals surface area contributed by atoms with Gasteiger partial charge in [0.05, 0.1) is 10.7 Å². The predicted octanol–water partition coefficient (Wildman–Crippen LogP) is 3.53. The van der Waals surface area contributed by atoms with E-state index in [0.29, 0.717) is 29.6 Å². The number of nitrogens with one attached hydrogen (secondary N) is 1. The van der Waals surface area contributed by atoms with Crippen molar-refractivity contribution in [2.75, 3.05) is 13.1 Å². The second-order valence-corrected chi connectivity index (χ2v) is 8.66. The zero-order valence-electron chi connectivity index (χ0n) is 17.3. The molecule has 2 heterocycles. The number of piperidine rings is 1. The van der Waals surface area contributed by atoms with Crippen molar-refractivity contribution < 1.29 is 9.59 Å². The van der Waals surface area contributed by atoms with Crippen LogP contribution in [-0.2, 0) is 4.79 Å². The number of nitrogens with zero attached hydrogens (tertiary/aromatic N) is 4. The van der Waals surface area contributed by atoms with Gasteiger partial charge in [-0.3, -0.25) is 9.59 Å². The van der Waals surface area contributed by atoms with Gasteiger partial charge in [-0.2, -0.15) is 0 Å². The highest BCUT2D eigenvalue weighted by Gasteiger charge is 2.29. The molecule has 7 nitrogen and oxygen atoms in total. The molecule has 0 radical (unpaired) electrons. The molecule has 2 aliphatic rings. The minimum absolute atomic E-state index is 0.138. The largest absolute Gasteiger partial charge is 0.353 e. The van der Waals surface area contributed by atoms with Crippen LogP contribution in [0.15, 0.2) is 24.3 Å². The Balaban J connectivity index is 1.35. The number of hydrogen-bond acceptors (Lipinski definition) is 4. The van der Waals surface area contributed by atoms with Gasteiger partial charge in [-0.25, -0.2) is 9.67 Å². The Labute approximate surface area is 181 Å². The summed E-state index contributed by atoms with van der Waals surface area (Å²) in [6, 6.07) is 7.49. The number of amides is 2. The number of aromatic nitrogens is 3. The van der Waals surface area contributed by atoms with Gasteiger partial charge in [0, 0.05) is 25.0 Å². The monoisotopic (exact) mass is 429 g/mol. The highest BCUT2D eigenvalue weighted by Crippen LogP contribution is 2.25. The minimum atomic E-state index is -0.180. The molecule has 0 atom stereocenters. The lowest BCUT2D eigenvalue weighted by Gasteiger charge is -2.33. The number of carbonyl (C=O) groups is 2. The van der Waals surface area contributed by atoms with Gasteiger partial charge in [0.15, 0.2) is 0 Å². The zero-order valence-corrected chi connectivity index (χ0v) is 18.1. The molecule has 1 aromatic carbocycles. The lowest BCUT2D eigenvalue weighted by atomic mass is 9.88. The average Bonchev–Trinajstić information content (AvgIpc) is 3.16. The second-order valence-electron chi connectivity index (χ2n) is 8.26. The first-order chi connectivity index (χ1) is 14.5. The first-order valence-electron chi connectivity index (χ1n) is 10.8. The van der Waals surface area contributed by atoms with E-state index in [1.165, 1.54) is 6.42 Å². The molecule has 2 fully saturated rings. The SMILES string of the molecule is Cc1nc(C(=O)N2CCC(NC(=O)C3CCCCC3)CC2)nn1-c1ccccc1Cl. The second kappa shape index (κ2) is 9.16. The van der Waals surface area contributed by atoms with Crippen LogP contribution in [0.5, 0.6) is 0 Å². The Morgan fingerprint density at radius 1 is 1.07 bits per heavy atom. The van der Waals surface area contributed by atoms with Crippen molar-refractivity contribution in [2.45, 2.75) is 57.9 Å². The van der Waals surface area contributed by atoms with Gasteiger partial charge in [-0.15, -0.1) is 5.10 Å². The molecule has 2 amide bonds. The molecule has 1 aromatic heterocycles. The summed E-state index contributed by atoms with van der Waals surface area (Å²) in [6.07, 6.45) is 7.06. The topological polar surface area (TPSA) is 80.1 Å². The van der Waals surface area contributed by atoms with Gasteiger partial charge >= 0.3 is 0 Å². The molecular formula is C22H28ClN5O2. The fourth-order valence-electron chi connectivity index (χ4n) is 4.38. The van der Waals surface area contributed by atoms with Crippen molar-refractivity contribution in [3.63, 3.8) is 0 Å². The maximum Gasteiger partial charge on any atom is 0.293 e. The van der Waals surface area contributed by atoms with Crippen LogP contribution in [0.2, 0.25) is 5.02 Å². The Hall–Kier alpha value is -2.41. The Morgan fingerprint density at radius 3 is 2.47 bits per heavy atom. The van der Waals surface area contributed by atoms with Crippen molar-refractivity contribution >= 4 is 23.4 Å². The molecular weight excluding hydrogens is 402 g/mol. The molecule has 0 unspecified atom stereocenters. The summed E-state index contributed by atoms with van der Waals surface area (Å²) >= 11 is 6.26. The number of halogens is 1. The third kappa shape index (κ3) is 4.51. The molecule has 2 aromatic rings. The molecule has 160 valence electrons. The summed E-state index contributed by atoms with van der Waals surface area (Å²) in [4.78, 5) is 31.5. The van der Waals surface area contributed by atoms with E-state index in [4.69, 9.17) is 11.6 Å². The molecule has 0 spiro atoms. The third-order valence-corrected chi connectivity index (χ3v) is 6.47. The maximum absolute atomic E-state index is 12.9. The summed E-state index contributed by atoms with van der Waals surface area (Å²) in [7, 11) is 0. The molecule has 0 bridgehead atoms. The van der Waals surface area contributed by atoms with E-state index < -0.39 is 0 Å². The van der Waals surface area contributed by atoms with Crippen molar-refractivity contribution in [3.8, 4) is 5.69 Å². The number of rotatable bonds is 4. The minimum Gasteiger partial charge on any atom is -0.353 e. The van der Waals surface area contributed by atoms with Crippen LogP contribution in [0.3, 0.4) is 0 Å². The Kier molecular flexibility index (Phi) is 6.37. The number of carbonyl (C=O) groups excluding carboxylic acids is 2. The van der Waals surface area contributed by atoms with Crippen LogP contribution in [-0.4, -0.2) is 50.6 Å². The molecule has 1 saturated heterocycles. The molecule has 1 saturated carbocycles. The fourth-order valence-corrected chi connectivity index (χ4v) is 4.60. The zero-order chi connectivity index (χ0) is 21.1. The quantitative estimate of drug-likeness (QED) is 0.806. The lowest BCUT2D eigenvalue weighted by Crippen LogP contribution is -2.48. The van der Waals surface area contributed by atoms with E-state index in [0.717, 1.165) is 38.5 Å². The molecule has 1 aliphatic carbocycles. The highest BCUT2D eigenvalue weighted by atomic mass is 35.5. The van der Waals surface area contributed by atoms with Crippen molar-refractivity contribution in [3.05, 3.63) is 40.9 Å². The molecule has 8 heteroatoms. The van der Waals surface area contributed by atoms with Gasteiger partial charge in [0.2, 0.25) is 11.7 Å². The molecule has 4 rings (SSSR count). The number of para-hydroxylation sites is 1. The van der Waals surface area contributed by atoms with E-state index in [1.54, 1.807) is 22.6 Å². The van der Waals surface area contributed by atoms with Crippen LogP contribution < -0.4 is 5.32 Å². The normalized spacial score (nSPS) is 18.4. The van der Waals surface area contributed by atoms with Crippen molar-refractivity contribution in [2.24, 2.45) is 5.92 Å². The van der Waals surface area contributed by atoms with Crippen LogP contribution in [0.1, 0.15) is 61.4 Å². The van der Waals surface area contributed by atoms with Crippen LogP contribution in [0, 0.1) is 12.8 Å². The first kappa shape index (κ1) is 20.8. The van der Waals surface area contributed by atoms with Gasteiger partial charge in [0.25, 0.3) is 5.91 Å². The van der Waals surface area contributed by atoms with E-state index in [1.807, 2.05) is 18.2 Å². The number of likely N-dealkylation sites (tertiary alicyclic amines) is 1. The van der Waals surface area contributed by atoms with Gasteiger partial charge < -0.3 is 10.2 Å². The average molecular weight is 430 g/mol. The van der Waals surface area contributed by atoms with Crippen LogP contribution in [0.25, 0.3) is 5.69 Å². The number of aryl methyl sites for hydroxylation is 1. The van der Waals surface area contributed by atoms with E-state index in [9.17, 15) is 9.59 Å². The standard InChI is InChI=1S/C22H28ClN5O2/c1-15-24-20(26-28(15)19-10-6-5-9-18(19)23)22(30)27-13-11-17(12-14-27)25-21(29)16-7-3-2-4-8-16/h5-6,9-10,16-17H,2-4,7-8,11-14H2,1H3,(H,25,29). The Bertz CT molecular complexity index is 914. The van der Waals surface area contributed by atoms with Gasteiger partial charge in [-0.05, 0) is 44.7 Å². The number of hydrogen-bond donors (Lipinski definition) is 1. The highest BCUT2D eigenvalue weighted by molar-refractivity contribution is 6.32. The summed E-state index contributed by atoms with van der Waals surface area (Å²) in [5.74, 6) is 0.966. The lowest BCUT2D eigenvalue weighted by molar-refractivity contribution is -0.126. The van der Waals surface area contributed by atoms with Crippen molar-refractivity contribution in [1.29, 1.82) is 0 Å². The van der Waals surface area contributed by atoms with Gasteiger partial charge in [0.1, 0.15) is 5.82 Å². The fraction of sp³-hybridized carbons (Fsp3) is 0.545. The molecule has 1 N–H and O–H groups in total. The van der Waals surface area contributed by atoms with E-state index in [2.05, 4.69) is 15.4 Å². The summed E-state index contributed by atoms with van der Waals surface area (Å²) in [6.45, 7) is 2.99. The van der Waals surface area contributed by atoms with E-state index in [-0.39, 0.29) is 29.6 Å². The third-order valence-electron chi connectivity index (χ3n) is 6.15. The molecule has 1 aliphatic heterocycles. The summed E-state index contributed by atoms with van der Waals surface area (Å²) < 4.78 is 1.60. The van der Waals surface area contributed by atoms with Crippen LogP contribution in [0.4, 0.5) is 0 Å². The predicted molar refractivity (Wildman–Crippen MR) is 115 cm³/mol. The molecule has 30 heavy (non-hydrogen) atoms. The van der Waals surface area contributed by atoms with E-state index >= 15 is 0 Å². The van der Waals surface area contributed by atoms with Crippen LogP contribution >= 0.6 is 11.6 Å². The van der Waals surface area contributed by atoms with Gasteiger partial charge in [-0.1, -0.05) is 43.0 Å². The summed E-state index contributed by atoms with van der Waals surface area (Å²) in [5, 5.41) is 8.16. The Morgan fingerprint density at radius 2 is 1.77 bits per heavy atom.